The van der Waals surface area contributed by atoms with Gasteiger partial charge < -0.3 is 105 Å². The molecule has 0 radical (unpaired) electrons. The molecule has 20 atom stereocenters. The van der Waals surface area contributed by atoms with Gasteiger partial charge in [-0.1, -0.05) is 12.1 Å². The average Bonchev–Trinajstić information content (AvgIpc) is 1.61. The van der Waals surface area contributed by atoms with E-state index in [1.165, 1.54) is 130 Å². The Kier molecular flexibility index (Phi) is 23.3. The zero-order valence-corrected chi connectivity index (χ0v) is 57.3. The van der Waals surface area contributed by atoms with Crippen LogP contribution in [0.15, 0.2) is 121 Å². The van der Waals surface area contributed by atoms with E-state index in [4.69, 9.17) is 85.3 Å². The van der Waals surface area contributed by atoms with Crippen molar-refractivity contribution in [2.75, 3.05) is 87.4 Å². The maximum Gasteiger partial charge on any atom is 0.338 e. The second-order valence-electron chi connectivity index (χ2n) is 25.9. The highest BCUT2D eigenvalue weighted by molar-refractivity contribution is 5.98. The summed E-state index contributed by atoms with van der Waals surface area (Å²) in [5.41, 5.74) is 2.83. The summed E-state index contributed by atoms with van der Waals surface area (Å²) in [4.78, 5) is 123. The van der Waals surface area contributed by atoms with Crippen molar-refractivity contribution in [3.63, 3.8) is 0 Å². The Morgan fingerprint density at radius 2 is 0.406 bits per heavy atom. The molecule has 10 unspecified atom stereocenters. The number of Topliss-reactive ketones (excluding diaryl/α,β-unsaturated/α-hetero) is 1. The van der Waals surface area contributed by atoms with E-state index in [1.54, 1.807) is 19.2 Å². The van der Waals surface area contributed by atoms with Gasteiger partial charge in [0.1, 0.15) is 79.4 Å². The Morgan fingerprint density at radius 3 is 0.604 bits per heavy atom. The van der Waals surface area contributed by atoms with Crippen molar-refractivity contribution in [3.8, 4) is 0 Å². The van der Waals surface area contributed by atoms with Crippen molar-refractivity contribution >= 4 is 59.5 Å². The van der Waals surface area contributed by atoms with Gasteiger partial charge in [0.05, 0.1) is 130 Å². The standard InChI is InChI=1S/C44H42O18.2C15H16O7/c1-21(45)22-3-5-23(6-4-22)40(46)59-30-17-54-37-31(18-55-36(30)37)60-43(49)26-11-13-27(14-12-26)44(50)62-33-20-57-38-32(19-56-39(33)38)61-42(48)25-9-7-24(8-10-25)41(47)58-29-16-53-34-28(51-2)15-52-35(29)34;2*1-19-14(17)8-2-4-9(5-3-8)15(18)22-11-7-21-12-10(16)6-20-13(11)12/h3-14,28-39H,15-20H2,1-2H3;2*2-5,10-13,16H,6-7H2,1H3/t28-,29+,30+,31-,32-,33+,34?,35?,36?,37?,38?,39?;2*10-,11+,12?,13?/m010/s1. The summed E-state index contributed by atoms with van der Waals surface area (Å²) in [6, 6.07) is 29.6. The molecule has 0 saturated carbocycles. The van der Waals surface area contributed by atoms with Crippen LogP contribution in [0.1, 0.15) is 111 Å². The molecule has 5 aromatic rings. The van der Waals surface area contributed by atoms with Crippen molar-refractivity contribution < 1.29 is 153 Å². The first-order valence-electron chi connectivity index (χ1n) is 33.9. The number of rotatable bonds is 18. The summed E-state index contributed by atoms with van der Waals surface area (Å²) in [7, 11) is 4.15. The van der Waals surface area contributed by atoms with Gasteiger partial charge in [-0.3, -0.25) is 4.79 Å². The third-order valence-corrected chi connectivity index (χ3v) is 19.3. The van der Waals surface area contributed by atoms with Crippen LogP contribution in [0.4, 0.5) is 0 Å². The van der Waals surface area contributed by atoms with Gasteiger partial charge in [0.2, 0.25) is 0 Å². The van der Waals surface area contributed by atoms with Crippen LogP contribution in [0.2, 0.25) is 0 Å². The molecule has 32 nitrogen and oxygen atoms in total. The van der Waals surface area contributed by atoms with Crippen LogP contribution in [0.25, 0.3) is 0 Å². The fourth-order valence-electron chi connectivity index (χ4n) is 13.6. The third-order valence-electron chi connectivity index (χ3n) is 19.3. The maximum absolute atomic E-state index is 13.1. The highest BCUT2D eigenvalue weighted by atomic mass is 16.7. The Balaban J connectivity index is 0.000000182. The van der Waals surface area contributed by atoms with Gasteiger partial charge in [-0.05, 0) is 116 Å². The van der Waals surface area contributed by atoms with Crippen LogP contribution in [-0.4, -0.2) is 279 Å². The number of aliphatic hydroxyl groups is 2. The van der Waals surface area contributed by atoms with E-state index >= 15 is 0 Å². The Bertz CT molecular complexity index is 3930. The average molecular weight is 1480 g/mol. The molecule has 10 aliphatic heterocycles. The van der Waals surface area contributed by atoms with E-state index in [-0.39, 0.29) is 105 Å². The summed E-state index contributed by atoms with van der Waals surface area (Å²) in [6.45, 7) is 2.80. The number of aliphatic hydroxyl groups excluding tert-OH is 2. The molecule has 15 rings (SSSR count). The maximum atomic E-state index is 13.1. The molecule has 5 aromatic carbocycles. The van der Waals surface area contributed by atoms with Gasteiger partial charge in [-0.2, -0.15) is 0 Å². The van der Waals surface area contributed by atoms with Crippen LogP contribution in [0, 0.1) is 0 Å². The predicted molar refractivity (Wildman–Crippen MR) is 350 cm³/mol. The first-order chi connectivity index (χ1) is 51.2. The van der Waals surface area contributed by atoms with Gasteiger partial charge in [-0.25, -0.2) is 43.2 Å². The van der Waals surface area contributed by atoms with Crippen LogP contribution in [-0.2, 0) is 94.7 Å². The number of methoxy groups -OCH3 is 3. The molecule has 10 fully saturated rings. The summed E-state index contributed by atoms with van der Waals surface area (Å²) < 4.78 is 110. The van der Waals surface area contributed by atoms with Gasteiger partial charge >= 0.3 is 53.7 Å². The first-order valence-corrected chi connectivity index (χ1v) is 33.9. The molecule has 0 aliphatic carbocycles. The third kappa shape index (κ3) is 16.4. The first kappa shape index (κ1) is 74.7. The van der Waals surface area contributed by atoms with Crippen molar-refractivity contribution in [2.24, 2.45) is 0 Å². The number of ketones is 1. The minimum absolute atomic E-state index is 0.00309. The molecule has 2 N–H and O–H groups in total. The van der Waals surface area contributed by atoms with E-state index in [0.29, 0.717) is 34.4 Å². The number of carbonyl (C=O) groups excluding carboxylic acids is 10. The zero-order valence-electron chi connectivity index (χ0n) is 57.3. The Hall–Kier alpha value is -9.52. The second-order valence-corrected chi connectivity index (χ2v) is 25.9. The van der Waals surface area contributed by atoms with Crippen molar-refractivity contribution in [3.05, 3.63) is 177 Å². The van der Waals surface area contributed by atoms with Gasteiger partial charge in [0, 0.05) is 12.7 Å². The fourth-order valence-corrected chi connectivity index (χ4v) is 13.6. The molecule has 10 saturated heterocycles. The lowest BCUT2D eigenvalue weighted by Crippen LogP contribution is -2.36. The van der Waals surface area contributed by atoms with Crippen LogP contribution >= 0.6 is 0 Å². The summed E-state index contributed by atoms with van der Waals surface area (Å²) in [5, 5.41) is 19.3. The highest BCUT2D eigenvalue weighted by Crippen LogP contribution is 2.36. The number of hydrogen-bond donors (Lipinski definition) is 2. The second kappa shape index (κ2) is 33.1. The summed E-state index contributed by atoms with van der Waals surface area (Å²) in [6.07, 6.45) is -11.5. The monoisotopic (exact) mass is 1470 g/mol. The molecular weight excluding hydrogens is 1400 g/mol. The lowest BCUT2D eigenvalue weighted by Gasteiger charge is -2.18. The smallest absolute Gasteiger partial charge is 0.338 e. The molecule has 32 heteroatoms. The van der Waals surface area contributed by atoms with E-state index in [2.05, 4.69) is 9.47 Å². The van der Waals surface area contributed by atoms with E-state index in [0.717, 1.165) is 0 Å². The summed E-state index contributed by atoms with van der Waals surface area (Å²) >= 11 is 0. The quantitative estimate of drug-likeness (QED) is 0.0723. The molecule has 0 bridgehead atoms. The molecule has 0 aromatic heterocycles. The Morgan fingerprint density at radius 1 is 0.245 bits per heavy atom. The van der Waals surface area contributed by atoms with Gasteiger partial charge in [-0.15, -0.1) is 0 Å². The molecule has 106 heavy (non-hydrogen) atoms. The molecular formula is C74H74O32. The zero-order chi connectivity index (χ0) is 74.4. The minimum atomic E-state index is -0.793. The van der Waals surface area contributed by atoms with Crippen LogP contribution in [0.5, 0.6) is 0 Å². The number of ether oxygens (including phenoxy) is 20. The number of hydrogen-bond acceptors (Lipinski definition) is 32. The molecule has 10 heterocycles. The normalized spacial score (nSPS) is 31.0. The lowest BCUT2D eigenvalue weighted by atomic mass is 10.1. The van der Waals surface area contributed by atoms with E-state index in [9.17, 15) is 58.2 Å². The highest BCUT2D eigenvalue weighted by Gasteiger charge is 2.55. The van der Waals surface area contributed by atoms with Crippen molar-refractivity contribution in [2.45, 2.75) is 129 Å². The van der Waals surface area contributed by atoms with Crippen molar-refractivity contribution in [1.29, 1.82) is 0 Å². The topological polar surface area (TPSA) is 396 Å². The van der Waals surface area contributed by atoms with Crippen LogP contribution in [0.3, 0.4) is 0 Å². The molecule has 562 valence electrons. The van der Waals surface area contributed by atoms with Gasteiger partial charge in [0.25, 0.3) is 0 Å². The number of benzene rings is 5. The SMILES string of the molecule is COC(=O)c1ccc(C(=O)O[C@@H]2COC3C2OC[C@@H]3O)cc1.COC(=O)c1ccc(C(=O)O[C@H]2COC3C2OC[C@H]3O)cc1.CO[C@H]1COC2C1OC[C@H]2OC(=O)c1ccc(C(=O)O[C@H]2COC3C2OC[C@H]3OC(=O)c2ccc(C(=O)O[C@H]3COC4C3OC[C@H]4OC(=O)c3ccc(C(C)=O)cc3)cc2)cc1. The molecule has 0 spiro atoms. The number of carbonyl (C=O) groups is 10. The minimum Gasteiger partial charge on any atom is -0.465 e. The lowest BCUT2D eigenvalue weighted by molar-refractivity contribution is -0.0294. The predicted octanol–water partition coefficient (Wildman–Crippen LogP) is 2.64. The molecule has 10 aliphatic rings. The van der Waals surface area contributed by atoms with E-state index < -0.39 is 164 Å². The summed E-state index contributed by atoms with van der Waals surface area (Å²) in [5.74, 6) is -5.33. The number of fused-ring (bicyclic) bond motifs is 5. The van der Waals surface area contributed by atoms with Crippen molar-refractivity contribution in [1.82, 2.24) is 0 Å². The Labute approximate surface area is 603 Å². The largest absolute Gasteiger partial charge is 0.465 e. The van der Waals surface area contributed by atoms with Crippen LogP contribution < -0.4 is 0 Å². The number of esters is 9. The van der Waals surface area contributed by atoms with Gasteiger partial charge in [0.15, 0.2) is 48.5 Å². The fraction of sp³-hybridized carbons (Fsp3) is 0.459. The van der Waals surface area contributed by atoms with E-state index in [1.807, 2.05) is 0 Å². The molecule has 0 amide bonds.